The summed E-state index contributed by atoms with van der Waals surface area (Å²) in [7, 11) is -3.23. The van der Waals surface area contributed by atoms with Gasteiger partial charge in [-0.1, -0.05) is 18.2 Å². The average Bonchev–Trinajstić information content (AvgIpc) is 2.89. The van der Waals surface area contributed by atoms with Crippen LogP contribution in [-0.4, -0.2) is 20.1 Å². The Morgan fingerprint density at radius 2 is 2.00 bits per heavy atom. The second kappa shape index (κ2) is 5.55. The van der Waals surface area contributed by atoms with E-state index in [4.69, 9.17) is 0 Å². The molecule has 1 aliphatic rings. The van der Waals surface area contributed by atoms with E-state index >= 15 is 0 Å². The minimum atomic E-state index is -3.23. The van der Waals surface area contributed by atoms with Crippen molar-refractivity contribution in [3.05, 3.63) is 50.6 Å². The van der Waals surface area contributed by atoms with Crippen LogP contribution >= 0.6 is 27.3 Å². The van der Waals surface area contributed by atoms with Crippen LogP contribution in [0.25, 0.3) is 0 Å². The van der Waals surface area contributed by atoms with Gasteiger partial charge in [0.15, 0.2) is 9.84 Å². The number of fused-ring (bicyclic) bond motifs is 1. The van der Waals surface area contributed by atoms with E-state index in [9.17, 15) is 13.2 Å². The Hall–Kier alpha value is -1.18. The Morgan fingerprint density at radius 1 is 1.24 bits per heavy atom. The molecule has 1 aliphatic heterocycles. The highest BCUT2D eigenvalue weighted by Crippen LogP contribution is 2.32. The van der Waals surface area contributed by atoms with Crippen LogP contribution in [0, 0.1) is 0 Å². The van der Waals surface area contributed by atoms with Gasteiger partial charge in [-0.15, -0.1) is 11.3 Å². The van der Waals surface area contributed by atoms with Crippen molar-refractivity contribution < 1.29 is 13.2 Å². The maximum absolute atomic E-state index is 12.2. The average molecular weight is 386 g/mol. The zero-order valence-electron chi connectivity index (χ0n) is 10.9. The van der Waals surface area contributed by atoms with Crippen molar-refractivity contribution in [1.82, 2.24) is 5.32 Å². The van der Waals surface area contributed by atoms with Crippen LogP contribution in [0.3, 0.4) is 0 Å². The van der Waals surface area contributed by atoms with Crippen LogP contribution < -0.4 is 5.32 Å². The number of rotatable bonds is 2. The molecule has 0 saturated carbocycles. The summed E-state index contributed by atoms with van der Waals surface area (Å²) in [4.78, 5) is 13.2. The maximum Gasteiger partial charge on any atom is 0.261 e. The van der Waals surface area contributed by atoms with Gasteiger partial charge in [-0.05, 0) is 46.1 Å². The van der Waals surface area contributed by atoms with Crippen LogP contribution in [0.5, 0.6) is 0 Å². The number of nitrogens with one attached hydrogen (secondary N) is 1. The molecule has 0 saturated heterocycles. The summed E-state index contributed by atoms with van der Waals surface area (Å²) in [5.74, 6) is -0.117. The molecule has 0 bridgehead atoms. The molecule has 1 amide bonds. The lowest BCUT2D eigenvalue weighted by atomic mass is 10.0. The lowest BCUT2D eigenvalue weighted by Gasteiger charge is -2.26. The largest absolute Gasteiger partial charge is 0.344 e. The minimum Gasteiger partial charge on any atom is -0.344 e. The van der Waals surface area contributed by atoms with Gasteiger partial charge in [0, 0.05) is 0 Å². The molecule has 0 aliphatic carbocycles. The van der Waals surface area contributed by atoms with Crippen molar-refractivity contribution in [2.75, 3.05) is 5.75 Å². The van der Waals surface area contributed by atoms with E-state index in [0.29, 0.717) is 21.8 Å². The quantitative estimate of drug-likeness (QED) is 0.863. The molecule has 0 spiro atoms. The number of carbonyl (C=O) groups excluding carboxylic acids is 1. The third-order valence-corrected chi connectivity index (χ3v) is 6.84. The third-order valence-electron chi connectivity index (χ3n) is 3.41. The van der Waals surface area contributed by atoms with Crippen LogP contribution in [0.15, 0.2) is 45.1 Å². The molecule has 2 aromatic rings. The number of halogens is 1. The third kappa shape index (κ3) is 2.90. The van der Waals surface area contributed by atoms with Gasteiger partial charge in [0.25, 0.3) is 5.91 Å². The maximum atomic E-state index is 12.2. The van der Waals surface area contributed by atoms with Crippen molar-refractivity contribution >= 4 is 43.0 Å². The molecule has 0 radical (unpaired) electrons. The van der Waals surface area contributed by atoms with Gasteiger partial charge in [-0.3, -0.25) is 4.79 Å². The number of benzene rings is 1. The predicted octanol–water partition coefficient (Wildman–Crippen LogP) is 3.16. The molecule has 1 unspecified atom stereocenters. The molecule has 110 valence electrons. The van der Waals surface area contributed by atoms with Crippen LogP contribution in [0.1, 0.15) is 27.7 Å². The molecule has 1 aromatic carbocycles. The number of amides is 1. The van der Waals surface area contributed by atoms with Gasteiger partial charge in [0.05, 0.1) is 25.4 Å². The zero-order valence-corrected chi connectivity index (χ0v) is 14.1. The first-order valence-electron chi connectivity index (χ1n) is 6.35. The number of sulfone groups is 1. The fourth-order valence-corrected chi connectivity index (χ4v) is 5.32. The van der Waals surface area contributed by atoms with Gasteiger partial charge in [-0.25, -0.2) is 8.42 Å². The summed E-state index contributed by atoms with van der Waals surface area (Å²) < 4.78 is 25.0. The number of hydrogen-bond donors (Lipinski definition) is 1. The summed E-state index contributed by atoms with van der Waals surface area (Å²) in [6.07, 6.45) is 0.400. The van der Waals surface area contributed by atoms with Crippen molar-refractivity contribution in [1.29, 1.82) is 0 Å². The van der Waals surface area contributed by atoms with E-state index in [2.05, 4.69) is 21.2 Å². The lowest BCUT2D eigenvalue weighted by Crippen LogP contribution is -2.33. The summed E-state index contributed by atoms with van der Waals surface area (Å²) in [5, 5.41) is 2.93. The molecule has 21 heavy (non-hydrogen) atoms. The molecule has 1 atom stereocenters. The predicted molar refractivity (Wildman–Crippen MR) is 85.3 cm³/mol. The highest BCUT2D eigenvalue weighted by molar-refractivity contribution is 9.11. The van der Waals surface area contributed by atoms with Crippen LogP contribution in [-0.2, 0) is 9.84 Å². The summed E-state index contributed by atoms with van der Waals surface area (Å²) >= 11 is 4.68. The van der Waals surface area contributed by atoms with Crippen molar-refractivity contribution in [3.63, 3.8) is 0 Å². The lowest BCUT2D eigenvalue weighted by molar-refractivity contribution is 0.0938. The number of thiophene rings is 1. The number of hydrogen-bond acceptors (Lipinski definition) is 4. The summed E-state index contributed by atoms with van der Waals surface area (Å²) in [6.45, 7) is 0. The molecule has 1 aromatic heterocycles. The second-order valence-corrected chi connectivity index (χ2v) is 9.32. The molecule has 2 heterocycles. The van der Waals surface area contributed by atoms with Gasteiger partial charge < -0.3 is 5.32 Å². The Labute approximate surface area is 135 Å². The Bertz CT molecular complexity index is 798. The monoisotopic (exact) mass is 385 g/mol. The van der Waals surface area contributed by atoms with E-state index in [-0.39, 0.29) is 17.7 Å². The van der Waals surface area contributed by atoms with E-state index in [1.807, 2.05) is 6.07 Å². The molecular formula is C14H12BrNO3S2. The standard InChI is InChI=1S/C14H12BrNO3S2/c15-13-6-5-11(20-13)14(17)16-10-7-8-21(18,19)12-4-2-1-3-9(10)12/h1-6,10H,7-8H2,(H,16,17). The first-order valence-corrected chi connectivity index (χ1v) is 9.61. The van der Waals surface area contributed by atoms with E-state index in [1.54, 1.807) is 30.3 Å². The highest BCUT2D eigenvalue weighted by Gasteiger charge is 2.31. The zero-order chi connectivity index (χ0) is 15.0. The topological polar surface area (TPSA) is 63.2 Å². The highest BCUT2D eigenvalue weighted by atomic mass is 79.9. The molecule has 4 nitrogen and oxygen atoms in total. The fourth-order valence-electron chi connectivity index (χ4n) is 2.41. The van der Waals surface area contributed by atoms with Crippen LogP contribution in [0.2, 0.25) is 0 Å². The Kier molecular flexibility index (Phi) is 3.90. The van der Waals surface area contributed by atoms with Crippen molar-refractivity contribution in [2.45, 2.75) is 17.4 Å². The van der Waals surface area contributed by atoms with Crippen molar-refractivity contribution in [3.8, 4) is 0 Å². The summed E-state index contributed by atoms with van der Waals surface area (Å²) in [6, 6.07) is 10.2. The van der Waals surface area contributed by atoms with Gasteiger partial charge >= 0.3 is 0 Å². The van der Waals surface area contributed by atoms with Gasteiger partial charge in [-0.2, -0.15) is 0 Å². The smallest absolute Gasteiger partial charge is 0.261 e. The summed E-state index contributed by atoms with van der Waals surface area (Å²) in [5.41, 5.74) is 0.674. The normalized spacial score (nSPS) is 19.8. The minimum absolute atomic E-state index is 0.0586. The Morgan fingerprint density at radius 3 is 2.71 bits per heavy atom. The van der Waals surface area contributed by atoms with Crippen molar-refractivity contribution in [2.24, 2.45) is 0 Å². The number of carbonyl (C=O) groups is 1. The van der Waals surface area contributed by atoms with Gasteiger partial charge in [0.1, 0.15) is 0 Å². The second-order valence-electron chi connectivity index (χ2n) is 4.78. The van der Waals surface area contributed by atoms with E-state index < -0.39 is 9.84 Å². The Balaban J connectivity index is 1.89. The SMILES string of the molecule is O=C(NC1CCS(=O)(=O)c2ccccc21)c1ccc(Br)s1. The molecule has 7 heteroatoms. The fraction of sp³-hybridized carbons (Fsp3) is 0.214. The van der Waals surface area contributed by atoms with Gasteiger partial charge in [0.2, 0.25) is 0 Å². The molecule has 0 fully saturated rings. The van der Waals surface area contributed by atoms with E-state index in [1.165, 1.54) is 11.3 Å². The van der Waals surface area contributed by atoms with E-state index in [0.717, 1.165) is 3.79 Å². The molecule has 1 N–H and O–H groups in total. The first kappa shape index (κ1) is 14.7. The first-order chi connectivity index (χ1) is 9.97. The molecule has 3 rings (SSSR count). The molecular weight excluding hydrogens is 374 g/mol. The van der Waals surface area contributed by atoms with Crippen LogP contribution in [0.4, 0.5) is 0 Å².